The lowest BCUT2D eigenvalue weighted by atomic mass is 9.78. The van der Waals surface area contributed by atoms with Crippen molar-refractivity contribution in [1.29, 1.82) is 0 Å². The van der Waals surface area contributed by atoms with Crippen molar-refractivity contribution >= 4 is 35.0 Å². The third-order valence-corrected chi connectivity index (χ3v) is 9.79. The lowest BCUT2D eigenvalue weighted by Crippen LogP contribution is -2.33. The summed E-state index contributed by atoms with van der Waals surface area (Å²) in [7, 11) is -2.97. The van der Waals surface area contributed by atoms with Crippen LogP contribution in [0.1, 0.15) is 16.7 Å². The fraction of sp³-hybridized carbons (Fsp3) is 0.0345. The Kier molecular flexibility index (Phi) is 4.19. The molecular weight excluding hydrogens is 395 g/mol. The van der Waals surface area contributed by atoms with Gasteiger partial charge in [0.05, 0.1) is 5.66 Å². The van der Waals surface area contributed by atoms with Crippen LogP contribution >= 0.6 is 7.14 Å². The highest BCUT2D eigenvalue weighted by atomic mass is 31.2. The molecule has 0 spiro atoms. The van der Waals surface area contributed by atoms with Crippen LogP contribution in [-0.4, -0.2) is 5.66 Å². The Labute approximate surface area is 182 Å². The fourth-order valence-electron chi connectivity index (χ4n) is 5.02. The first-order valence-corrected chi connectivity index (χ1v) is 12.4. The Morgan fingerprint density at radius 2 is 1.10 bits per heavy atom. The van der Waals surface area contributed by atoms with Crippen LogP contribution in [0.25, 0.3) is 17.2 Å². The summed E-state index contributed by atoms with van der Waals surface area (Å²) in [4.78, 5) is 0. The van der Waals surface area contributed by atoms with E-state index in [2.05, 4.69) is 54.6 Å². The van der Waals surface area contributed by atoms with E-state index in [4.69, 9.17) is 0 Å². The third-order valence-electron chi connectivity index (χ3n) is 6.40. The van der Waals surface area contributed by atoms with Crippen molar-refractivity contribution in [2.24, 2.45) is 0 Å². The molecule has 1 atom stereocenters. The highest BCUT2D eigenvalue weighted by Gasteiger charge is 2.51. The summed E-state index contributed by atoms with van der Waals surface area (Å²) in [5.74, 6) is 0. The molecule has 148 valence electrons. The van der Waals surface area contributed by atoms with E-state index >= 15 is 4.57 Å². The zero-order valence-corrected chi connectivity index (χ0v) is 17.9. The Bertz CT molecular complexity index is 1340. The largest absolute Gasteiger partial charge is 0.313 e. The molecular formula is C29H21OP. The zero-order chi connectivity index (χ0) is 20.8. The van der Waals surface area contributed by atoms with E-state index in [0.29, 0.717) is 0 Å². The molecule has 0 amide bonds. The quantitative estimate of drug-likeness (QED) is 0.352. The van der Waals surface area contributed by atoms with Gasteiger partial charge in [0, 0.05) is 10.6 Å². The van der Waals surface area contributed by atoms with Gasteiger partial charge in [-0.3, -0.25) is 0 Å². The predicted molar refractivity (Wildman–Crippen MR) is 131 cm³/mol. The van der Waals surface area contributed by atoms with Crippen molar-refractivity contribution in [1.82, 2.24) is 0 Å². The second-order valence-corrected chi connectivity index (χ2v) is 10.9. The van der Waals surface area contributed by atoms with Crippen LogP contribution in [0.4, 0.5) is 0 Å². The molecule has 1 nitrogen and oxygen atoms in total. The standard InChI is InChI=1S/C29H21OP/c30-31(23-15-6-2-7-16-23,24-17-8-3-9-18-24)29-26-20-22-14-10-11-19-25(22)28(26)27(29)21-12-4-1-5-13-21/h1-20,29H. The van der Waals surface area contributed by atoms with E-state index in [9.17, 15) is 0 Å². The smallest absolute Gasteiger partial charge is 0.154 e. The van der Waals surface area contributed by atoms with Gasteiger partial charge in [0.2, 0.25) is 0 Å². The molecule has 0 aliphatic heterocycles. The van der Waals surface area contributed by atoms with Gasteiger partial charge in [-0.25, -0.2) is 0 Å². The van der Waals surface area contributed by atoms with Gasteiger partial charge in [-0.1, -0.05) is 115 Å². The molecule has 0 fully saturated rings. The van der Waals surface area contributed by atoms with E-state index < -0.39 is 7.14 Å². The summed E-state index contributed by atoms with van der Waals surface area (Å²) < 4.78 is 15.2. The van der Waals surface area contributed by atoms with Gasteiger partial charge >= 0.3 is 0 Å². The maximum absolute atomic E-state index is 15.2. The monoisotopic (exact) mass is 416 g/mol. The van der Waals surface area contributed by atoms with Crippen LogP contribution in [0.5, 0.6) is 0 Å². The predicted octanol–water partition coefficient (Wildman–Crippen LogP) is 6.39. The number of rotatable bonds is 4. The van der Waals surface area contributed by atoms with Gasteiger partial charge < -0.3 is 4.57 Å². The van der Waals surface area contributed by atoms with Gasteiger partial charge in [-0.2, -0.15) is 0 Å². The summed E-state index contributed by atoms with van der Waals surface area (Å²) >= 11 is 0. The molecule has 2 heteroatoms. The van der Waals surface area contributed by atoms with Crippen molar-refractivity contribution in [2.45, 2.75) is 5.66 Å². The van der Waals surface area contributed by atoms with Gasteiger partial charge in [0.25, 0.3) is 0 Å². The first-order chi connectivity index (χ1) is 15.3. The van der Waals surface area contributed by atoms with E-state index in [-0.39, 0.29) is 5.66 Å². The molecule has 0 saturated heterocycles. The molecule has 31 heavy (non-hydrogen) atoms. The summed E-state index contributed by atoms with van der Waals surface area (Å²) in [6, 6.07) is 39.0. The molecule has 0 heterocycles. The first-order valence-electron chi connectivity index (χ1n) is 10.6. The van der Waals surface area contributed by atoms with Gasteiger partial charge in [0.1, 0.15) is 0 Å². The summed E-state index contributed by atoms with van der Waals surface area (Å²) in [6.45, 7) is 0. The van der Waals surface area contributed by atoms with Crippen molar-refractivity contribution < 1.29 is 4.57 Å². The lowest BCUT2D eigenvalue weighted by Gasteiger charge is -2.41. The van der Waals surface area contributed by atoms with Gasteiger partial charge in [-0.15, -0.1) is 0 Å². The molecule has 6 rings (SSSR count). The number of allylic oxidation sites excluding steroid dienone is 3. The zero-order valence-electron chi connectivity index (χ0n) is 17.0. The Balaban J connectivity index is 1.65. The van der Waals surface area contributed by atoms with Gasteiger partial charge in [0.15, 0.2) is 7.14 Å². The fourth-order valence-corrected chi connectivity index (χ4v) is 8.38. The minimum atomic E-state index is -2.97. The topological polar surface area (TPSA) is 17.1 Å². The van der Waals surface area contributed by atoms with Crippen LogP contribution in [0.2, 0.25) is 0 Å². The van der Waals surface area contributed by atoms with Crippen LogP contribution in [0, 0.1) is 0 Å². The van der Waals surface area contributed by atoms with Crippen molar-refractivity contribution in [3.8, 4) is 0 Å². The molecule has 0 saturated carbocycles. The highest BCUT2D eigenvalue weighted by Crippen LogP contribution is 2.67. The Morgan fingerprint density at radius 3 is 1.71 bits per heavy atom. The minimum Gasteiger partial charge on any atom is -0.313 e. The lowest BCUT2D eigenvalue weighted by molar-refractivity contribution is 0.585. The molecule has 0 radical (unpaired) electrons. The van der Waals surface area contributed by atoms with Crippen molar-refractivity contribution in [2.75, 3.05) is 0 Å². The summed E-state index contributed by atoms with van der Waals surface area (Å²) in [6.07, 6.45) is 2.25. The van der Waals surface area contributed by atoms with E-state index in [1.54, 1.807) is 0 Å². The molecule has 0 aromatic heterocycles. The van der Waals surface area contributed by atoms with E-state index in [1.807, 2.05) is 66.7 Å². The summed E-state index contributed by atoms with van der Waals surface area (Å²) in [5, 5.41) is 1.83. The molecule has 4 aromatic carbocycles. The molecule has 2 aliphatic rings. The molecule has 0 bridgehead atoms. The maximum Gasteiger partial charge on any atom is 0.154 e. The number of fused-ring (bicyclic) bond motifs is 3. The van der Waals surface area contributed by atoms with Crippen molar-refractivity contribution in [3.63, 3.8) is 0 Å². The van der Waals surface area contributed by atoms with Crippen LogP contribution in [0.3, 0.4) is 0 Å². The minimum absolute atomic E-state index is 0.151. The second kappa shape index (κ2) is 7.08. The molecule has 1 unspecified atom stereocenters. The third kappa shape index (κ3) is 2.67. The van der Waals surface area contributed by atoms with Crippen molar-refractivity contribution in [3.05, 3.63) is 138 Å². The first kappa shape index (κ1) is 18.4. The second-order valence-electron chi connectivity index (χ2n) is 8.07. The van der Waals surface area contributed by atoms with Crippen LogP contribution < -0.4 is 10.6 Å². The Hall–Kier alpha value is -3.41. The summed E-state index contributed by atoms with van der Waals surface area (Å²) in [5.41, 5.74) is 7.14. The van der Waals surface area contributed by atoms with E-state index in [0.717, 1.165) is 16.2 Å². The van der Waals surface area contributed by atoms with E-state index in [1.165, 1.54) is 27.8 Å². The normalized spacial score (nSPS) is 16.9. The van der Waals surface area contributed by atoms with Crippen LogP contribution in [0.15, 0.2) is 121 Å². The maximum atomic E-state index is 15.2. The average molecular weight is 416 g/mol. The molecule has 2 aliphatic carbocycles. The Morgan fingerprint density at radius 1 is 0.581 bits per heavy atom. The highest BCUT2D eigenvalue weighted by molar-refractivity contribution is 7.80. The number of hydrogen-bond donors (Lipinski definition) is 0. The number of benzene rings is 4. The molecule has 4 aromatic rings. The average Bonchev–Trinajstić information content (AvgIpc) is 3.14. The SMILES string of the molecule is O=P(c1ccccc1)(c1ccccc1)C1C2=Cc3ccccc3C2=C1c1ccccc1. The van der Waals surface area contributed by atoms with Gasteiger partial charge in [-0.05, 0) is 39.5 Å². The molecule has 0 N–H and O–H groups in total. The van der Waals surface area contributed by atoms with Crippen LogP contribution in [-0.2, 0) is 4.57 Å². The number of hydrogen-bond acceptors (Lipinski definition) is 1.